The Kier molecular flexibility index (Phi) is 6.49. The van der Waals surface area contributed by atoms with Crippen molar-refractivity contribution < 1.29 is 4.42 Å². The summed E-state index contributed by atoms with van der Waals surface area (Å²) in [5.74, 6) is 0. The first-order valence-electron chi connectivity index (χ1n) is 17.8. The molecule has 0 aliphatic rings. The minimum absolute atomic E-state index is 0.893. The fraction of sp³-hybridized carbons (Fsp3) is 0. The van der Waals surface area contributed by atoms with Gasteiger partial charge in [-0.1, -0.05) is 158 Å². The molecule has 11 rings (SSSR count). The summed E-state index contributed by atoms with van der Waals surface area (Å²) >= 11 is 1.79. The van der Waals surface area contributed by atoms with E-state index in [2.05, 4.69) is 181 Å². The maximum atomic E-state index is 7.02. The van der Waals surface area contributed by atoms with Crippen molar-refractivity contribution in [3.8, 4) is 43.8 Å². The van der Waals surface area contributed by atoms with Crippen LogP contribution in [0.4, 0.5) is 0 Å². The zero-order valence-electron chi connectivity index (χ0n) is 28.1. The first-order chi connectivity index (χ1) is 25.8. The molecule has 0 saturated carbocycles. The van der Waals surface area contributed by atoms with Gasteiger partial charge in [0.15, 0.2) is 0 Å². The van der Waals surface area contributed by atoms with Gasteiger partial charge in [0.1, 0.15) is 11.2 Å². The van der Waals surface area contributed by atoms with Gasteiger partial charge < -0.3 is 4.42 Å². The van der Waals surface area contributed by atoms with Crippen LogP contribution < -0.4 is 0 Å². The quantitative estimate of drug-likeness (QED) is 0.169. The first-order valence-corrected chi connectivity index (χ1v) is 18.6. The molecule has 1 nitrogen and oxygen atoms in total. The zero-order chi connectivity index (χ0) is 34.2. The summed E-state index contributed by atoms with van der Waals surface area (Å²) in [6.45, 7) is 0. The fourth-order valence-electron chi connectivity index (χ4n) is 8.61. The molecule has 0 amide bonds. The molecule has 2 heteroatoms. The smallest absolute Gasteiger partial charge is 0.143 e. The predicted molar refractivity (Wildman–Crippen MR) is 223 cm³/mol. The van der Waals surface area contributed by atoms with Crippen molar-refractivity contribution in [2.75, 3.05) is 0 Å². The Morgan fingerprint density at radius 1 is 0.327 bits per heavy atom. The van der Waals surface area contributed by atoms with E-state index in [-0.39, 0.29) is 0 Å². The lowest BCUT2D eigenvalue weighted by Crippen LogP contribution is -1.90. The van der Waals surface area contributed by atoms with Crippen molar-refractivity contribution in [3.63, 3.8) is 0 Å². The number of fused-ring (bicyclic) bond motifs is 7. The predicted octanol–water partition coefficient (Wildman–Crippen LogP) is 14.9. The van der Waals surface area contributed by atoms with Crippen molar-refractivity contribution in [1.82, 2.24) is 0 Å². The van der Waals surface area contributed by atoms with Crippen LogP contribution >= 0.6 is 11.3 Å². The van der Waals surface area contributed by atoms with Crippen LogP contribution in [0.5, 0.6) is 0 Å². The van der Waals surface area contributed by atoms with E-state index in [9.17, 15) is 0 Å². The topological polar surface area (TPSA) is 13.1 Å². The van der Waals surface area contributed by atoms with Crippen molar-refractivity contribution in [3.05, 3.63) is 181 Å². The molecule has 0 aliphatic carbocycles. The van der Waals surface area contributed by atoms with Crippen LogP contribution in [0.25, 0.3) is 109 Å². The maximum Gasteiger partial charge on any atom is 0.143 e. The summed E-state index contributed by atoms with van der Waals surface area (Å²) in [6, 6.07) is 63.9. The summed E-state index contributed by atoms with van der Waals surface area (Å²) in [7, 11) is 0. The molecule has 52 heavy (non-hydrogen) atoms. The van der Waals surface area contributed by atoms with Crippen LogP contribution in [0.3, 0.4) is 0 Å². The van der Waals surface area contributed by atoms with Gasteiger partial charge in [-0.05, 0) is 88.9 Å². The average molecular weight is 679 g/mol. The highest BCUT2D eigenvalue weighted by Gasteiger charge is 2.22. The minimum atomic E-state index is 0.893. The number of benzene rings is 9. The lowest BCUT2D eigenvalue weighted by Gasteiger charge is -2.17. The van der Waals surface area contributed by atoms with Gasteiger partial charge in [-0.15, -0.1) is 11.3 Å². The van der Waals surface area contributed by atoms with E-state index in [1.165, 1.54) is 75.8 Å². The highest BCUT2D eigenvalue weighted by atomic mass is 32.1. The molecule has 0 radical (unpaired) electrons. The molecule has 0 unspecified atom stereocenters. The highest BCUT2D eigenvalue weighted by molar-refractivity contribution is 7.13. The van der Waals surface area contributed by atoms with Gasteiger partial charge >= 0.3 is 0 Å². The van der Waals surface area contributed by atoms with E-state index in [4.69, 9.17) is 4.42 Å². The van der Waals surface area contributed by atoms with E-state index in [1.54, 1.807) is 11.3 Å². The van der Waals surface area contributed by atoms with Crippen molar-refractivity contribution in [2.45, 2.75) is 0 Å². The van der Waals surface area contributed by atoms with E-state index in [0.29, 0.717) is 0 Å². The third kappa shape index (κ3) is 4.28. The molecule has 2 aromatic heterocycles. The van der Waals surface area contributed by atoms with Gasteiger partial charge in [-0.3, -0.25) is 0 Å². The van der Waals surface area contributed by atoms with Crippen LogP contribution in [-0.2, 0) is 0 Å². The maximum absolute atomic E-state index is 7.02. The van der Waals surface area contributed by atoms with Crippen LogP contribution in [0.15, 0.2) is 186 Å². The molecule has 242 valence electrons. The third-order valence-electron chi connectivity index (χ3n) is 10.7. The largest absolute Gasteiger partial charge is 0.455 e. The van der Waals surface area contributed by atoms with Gasteiger partial charge in [-0.25, -0.2) is 0 Å². The number of thiophene rings is 1. The first kappa shape index (κ1) is 29.3. The monoisotopic (exact) mass is 678 g/mol. The van der Waals surface area contributed by atoms with Crippen LogP contribution in [-0.4, -0.2) is 0 Å². The zero-order valence-corrected chi connectivity index (χ0v) is 29.0. The lowest BCUT2D eigenvalue weighted by atomic mass is 9.86. The molecule has 0 atom stereocenters. The lowest BCUT2D eigenvalue weighted by molar-refractivity contribution is 0.670. The molecule has 9 aromatic carbocycles. The normalized spacial score (nSPS) is 11.8. The summed E-state index contributed by atoms with van der Waals surface area (Å²) in [4.78, 5) is 1.28. The second-order valence-electron chi connectivity index (χ2n) is 13.5. The standard InChI is InChI=1S/C50H30OS/c1-2-14-31(15-3-1)46-34-16-4-6-18-36(34)47(37-19-7-5-17-35(37)46)32-27-28-33-42-24-12-25-43(50(42)51-44(33)30-32)48-38-20-8-10-22-40(38)49(45-26-13-29-52-45)41-23-11-9-21-39(41)48/h1-30H. The van der Waals surface area contributed by atoms with E-state index in [1.807, 2.05) is 0 Å². The van der Waals surface area contributed by atoms with E-state index >= 15 is 0 Å². The summed E-state index contributed by atoms with van der Waals surface area (Å²) in [5, 5.41) is 14.4. The number of furan rings is 1. The molecule has 0 N–H and O–H groups in total. The Bertz CT molecular complexity index is 3050. The Morgan fingerprint density at radius 2 is 0.827 bits per heavy atom. The molecule has 0 spiro atoms. The molecular weight excluding hydrogens is 649 g/mol. The van der Waals surface area contributed by atoms with Crippen molar-refractivity contribution >= 4 is 76.4 Å². The molecule has 0 fully saturated rings. The Morgan fingerprint density at radius 3 is 1.38 bits per heavy atom. The van der Waals surface area contributed by atoms with E-state index in [0.717, 1.165) is 33.1 Å². The summed E-state index contributed by atoms with van der Waals surface area (Å²) in [6.07, 6.45) is 0. The third-order valence-corrected chi connectivity index (χ3v) is 11.6. The highest BCUT2D eigenvalue weighted by Crippen LogP contribution is 2.48. The molecular formula is C50H30OS. The van der Waals surface area contributed by atoms with Gasteiger partial charge in [0, 0.05) is 32.3 Å². The Hall–Kier alpha value is -6.48. The molecule has 0 aliphatic heterocycles. The Labute approximate surface area is 304 Å². The summed E-state index contributed by atoms with van der Waals surface area (Å²) in [5.41, 5.74) is 10.3. The number of para-hydroxylation sites is 1. The molecule has 2 heterocycles. The average Bonchev–Trinajstić information content (AvgIpc) is 3.88. The second kappa shape index (κ2) is 11.5. The number of hydrogen-bond donors (Lipinski definition) is 0. The minimum Gasteiger partial charge on any atom is -0.455 e. The van der Waals surface area contributed by atoms with Gasteiger partial charge in [-0.2, -0.15) is 0 Å². The van der Waals surface area contributed by atoms with Crippen molar-refractivity contribution in [2.24, 2.45) is 0 Å². The van der Waals surface area contributed by atoms with Gasteiger partial charge in [0.05, 0.1) is 0 Å². The molecule has 11 aromatic rings. The molecule has 0 saturated heterocycles. The fourth-order valence-corrected chi connectivity index (χ4v) is 9.41. The van der Waals surface area contributed by atoms with Crippen molar-refractivity contribution in [1.29, 1.82) is 0 Å². The van der Waals surface area contributed by atoms with Gasteiger partial charge in [0.2, 0.25) is 0 Å². The Balaban J connectivity index is 1.18. The number of hydrogen-bond acceptors (Lipinski definition) is 2. The number of rotatable bonds is 4. The van der Waals surface area contributed by atoms with Crippen LogP contribution in [0, 0.1) is 0 Å². The second-order valence-corrected chi connectivity index (χ2v) is 14.5. The van der Waals surface area contributed by atoms with E-state index < -0.39 is 0 Å². The van der Waals surface area contributed by atoms with Crippen LogP contribution in [0.1, 0.15) is 0 Å². The summed E-state index contributed by atoms with van der Waals surface area (Å²) < 4.78 is 7.02. The molecule has 0 bridgehead atoms. The SMILES string of the molecule is c1ccc(-c2c3ccccc3c(-c3ccc4c(c3)oc3c(-c5c6ccccc6c(-c6cccs6)c6ccccc56)cccc34)c3ccccc23)cc1. The van der Waals surface area contributed by atoms with Gasteiger partial charge in [0.25, 0.3) is 0 Å². The van der Waals surface area contributed by atoms with Crippen LogP contribution in [0.2, 0.25) is 0 Å².